The summed E-state index contributed by atoms with van der Waals surface area (Å²) < 4.78 is 11.2. The third-order valence-electron chi connectivity index (χ3n) is 3.92. The number of carbonyl (C=O) groups excluding carboxylic acids is 1. The summed E-state index contributed by atoms with van der Waals surface area (Å²) in [4.78, 5) is 18.9. The number of amides is 1. The van der Waals surface area contributed by atoms with Gasteiger partial charge < -0.3 is 14.4 Å². The maximum absolute atomic E-state index is 12.9. The highest BCUT2D eigenvalue weighted by molar-refractivity contribution is 5.95. The summed E-state index contributed by atoms with van der Waals surface area (Å²) in [5.41, 5.74) is 1.05. The second-order valence-corrected chi connectivity index (χ2v) is 6.56. The largest absolute Gasteiger partial charge is 0.382 e. The van der Waals surface area contributed by atoms with Gasteiger partial charge in [0.25, 0.3) is 5.91 Å². The molecule has 1 aromatic carbocycles. The molecule has 0 unspecified atom stereocenters. The summed E-state index contributed by atoms with van der Waals surface area (Å²) in [7, 11) is 1.64. The fourth-order valence-electron chi connectivity index (χ4n) is 3.05. The molecule has 0 spiro atoms. The Balaban J connectivity index is 1.81. The van der Waals surface area contributed by atoms with E-state index in [0.717, 1.165) is 5.56 Å². The van der Waals surface area contributed by atoms with Crippen molar-refractivity contribution in [2.24, 2.45) is 0 Å². The number of rotatable bonds is 4. The maximum Gasteiger partial charge on any atom is 0.254 e. The minimum absolute atomic E-state index is 0.0196. The summed E-state index contributed by atoms with van der Waals surface area (Å²) >= 11 is 0. The van der Waals surface area contributed by atoms with E-state index in [-0.39, 0.29) is 12.0 Å². The molecule has 2 aromatic rings. The molecule has 0 radical (unpaired) electrons. The Bertz CT molecular complexity index is 700. The fourth-order valence-corrected chi connectivity index (χ4v) is 3.05. The molecule has 2 heterocycles. The van der Waals surface area contributed by atoms with Gasteiger partial charge in [0.1, 0.15) is 6.33 Å². The molecule has 1 atom stereocenters. The van der Waals surface area contributed by atoms with Crippen molar-refractivity contribution in [2.75, 3.05) is 26.8 Å². The number of ether oxygens (including phenoxy) is 2. The van der Waals surface area contributed by atoms with E-state index in [1.807, 2.05) is 43.0 Å². The van der Waals surface area contributed by atoms with E-state index in [0.29, 0.717) is 31.1 Å². The summed E-state index contributed by atoms with van der Waals surface area (Å²) in [6.45, 7) is 5.49. The minimum atomic E-state index is -0.403. The van der Waals surface area contributed by atoms with Crippen molar-refractivity contribution < 1.29 is 14.3 Å². The van der Waals surface area contributed by atoms with Crippen LogP contribution in [0.15, 0.2) is 30.6 Å². The van der Waals surface area contributed by atoms with Crippen LogP contribution in [0.25, 0.3) is 11.4 Å². The van der Waals surface area contributed by atoms with E-state index in [9.17, 15) is 4.79 Å². The third kappa shape index (κ3) is 3.63. The highest BCUT2D eigenvalue weighted by atomic mass is 16.5. The summed E-state index contributed by atoms with van der Waals surface area (Å²) in [5, 5.41) is 6.66. The molecule has 0 saturated carbocycles. The van der Waals surface area contributed by atoms with Crippen LogP contribution in [0.3, 0.4) is 0 Å². The number of hydrogen-bond acceptors (Lipinski definition) is 5. The van der Waals surface area contributed by atoms with Gasteiger partial charge in [-0.15, -0.1) is 0 Å². The molecular formula is C17H22N4O3. The Morgan fingerprint density at radius 2 is 2.33 bits per heavy atom. The predicted octanol–water partition coefficient (Wildman–Crippen LogP) is 1.74. The van der Waals surface area contributed by atoms with Crippen LogP contribution in [0.1, 0.15) is 24.2 Å². The number of methoxy groups -OCH3 is 1. The Kier molecular flexibility index (Phi) is 4.64. The van der Waals surface area contributed by atoms with Crippen LogP contribution in [-0.4, -0.2) is 64.5 Å². The van der Waals surface area contributed by atoms with Crippen molar-refractivity contribution >= 4 is 5.91 Å². The Labute approximate surface area is 141 Å². The van der Waals surface area contributed by atoms with Gasteiger partial charge in [-0.1, -0.05) is 12.1 Å². The first-order valence-corrected chi connectivity index (χ1v) is 7.90. The average molecular weight is 330 g/mol. The van der Waals surface area contributed by atoms with Gasteiger partial charge in [0.15, 0.2) is 5.82 Å². The number of benzene rings is 1. The van der Waals surface area contributed by atoms with Gasteiger partial charge in [-0.05, 0) is 26.0 Å². The second-order valence-electron chi connectivity index (χ2n) is 6.56. The average Bonchev–Trinajstić information content (AvgIpc) is 3.07. The molecular weight excluding hydrogens is 308 g/mol. The zero-order valence-corrected chi connectivity index (χ0v) is 14.2. The Morgan fingerprint density at radius 1 is 1.50 bits per heavy atom. The van der Waals surface area contributed by atoms with Crippen molar-refractivity contribution in [3.63, 3.8) is 0 Å². The van der Waals surface area contributed by atoms with E-state index < -0.39 is 5.60 Å². The molecule has 1 amide bonds. The zero-order chi connectivity index (χ0) is 17.2. The van der Waals surface area contributed by atoms with Crippen LogP contribution in [0.5, 0.6) is 0 Å². The molecule has 1 aliphatic heterocycles. The third-order valence-corrected chi connectivity index (χ3v) is 3.92. The van der Waals surface area contributed by atoms with E-state index in [2.05, 4.69) is 15.2 Å². The van der Waals surface area contributed by atoms with Gasteiger partial charge in [0, 0.05) is 31.3 Å². The molecule has 7 heteroatoms. The van der Waals surface area contributed by atoms with Crippen molar-refractivity contribution in [2.45, 2.75) is 25.6 Å². The number of carbonyl (C=O) groups is 1. The van der Waals surface area contributed by atoms with Crippen LogP contribution in [0.4, 0.5) is 0 Å². The Morgan fingerprint density at radius 3 is 3.04 bits per heavy atom. The lowest BCUT2D eigenvalue weighted by atomic mass is 10.0. The molecule has 0 aliphatic carbocycles. The van der Waals surface area contributed by atoms with Crippen LogP contribution in [0, 0.1) is 0 Å². The first-order chi connectivity index (χ1) is 11.5. The highest BCUT2D eigenvalue weighted by Gasteiger charge is 2.35. The highest BCUT2D eigenvalue weighted by Crippen LogP contribution is 2.24. The van der Waals surface area contributed by atoms with Crippen LogP contribution >= 0.6 is 0 Å². The monoisotopic (exact) mass is 330 g/mol. The SMILES string of the molecule is COC[C@@H]1CN(C(=O)c2cccc(-c3ncn[nH]3)c2)CC(C)(C)O1. The van der Waals surface area contributed by atoms with Gasteiger partial charge >= 0.3 is 0 Å². The fraction of sp³-hybridized carbons (Fsp3) is 0.471. The first-order valence-electron chi connectivity index (χ1n) is 7.90. The molecule has 0 bridgehead atoms. The molecule has 3 rings (SSSR count). The number of nitrogens with one attached hydrogen (secondary N) is 1. The maximum atomic E-state index is 12.9. The van der Waals surface area contributed by atoms with Gasteiger partial charge in [0.05, 0.1) is 18.3 Å². The molecule has 7 nitrogen and oxygen atoms in total. The lowest BCUT2D eigenvalue weighted by Crippen LogP contribution is -2.55. The van der Waals surface area contributed by atoms with Gasteiger partial charge in [0.2, 0.25) is 0 Å². The normalized spacial score (nSPS) is 20.1. The quantitative estimate of drug-likeness (QED) is 0.923. The van der Waals surface area contributed by atoms with Crippen molar-refractivity contribution in [3.05, 3.63) is 36.2 Å². The molecule has 1 aliphatic rings. The molecule has 1 saturated heterocycles. The van der Waals surface area contributed by atoms with E-state index in [1.165, 1.54) is 6.33 Å². The topological polar surface area (TPSA) is 80.3 Å². The number of aromatic amines is 1. The smallest absolute Gasteiger partial charge is 0.254 e. The van der Waals surface area contributed by atoms with E-state index in [4.69, 9.17) is 9.47 Å². The standard InChI is InChI=1S/C17H22N4O3/c1-17(2)10-21(8-14(24-17)9-23-3)16(22)13-6-4-5-12(7-13)15-18-11-19-20-15/h4-7,11,14H,8-10H2,1-3H3,(H,18,19,20)/t14-/m0/s1. The molecule has 1 N–H and O–H groups in total. The predicted molar refractivity (Wildman–Crippen MR) is 88.6 cm³/mol. The zero-order valence-electron chi connectivity index (χ0n) is 14.2. The van der Waals surface area contributed by atoms with Crippen molar-refractivity contribution in [3.8, 4) is 11.4 Å². The summed E-state index contributed by atoms with van der Waals surface area (Å²) in [5.74, 6) is 0.623. The Hall–Kier alpha value is -2.25. The lowest BCUT2D eigenvalue weighted by Gasteiger charge is -2.42. The number of nitrogens with zero attached hydrogens (tertiary/aromatic N) is 3. The van der Waals surface area contributed by atoms with Crippen LogP contribution < -0.4 is 0 Å². The first kappa shape index (κ1) is 16.6. The number of hydrogen-bond donors (Lipinski definition) is 1. The minimum Gasteiger partial charge on any atom is -0.382 e. The molecule has 128 valence electrons. The number of aromatic nitrogens is 3. The second kappa shape index (κ2) is 6.70. The number of morpholine rings is 1. The van der Waals surface area contributed by atoms with Crippen LogP contribution in [0.2, 0.25) is 0 Å². The molecule has 24 heavy (non-hydrogen) atoms. The van der Waals surface area contributed by atoms with E-state index >= 15 is 0 Å². The summed E-state index contributed by atoms with van der Waals surface area (Å²) in [6.07, 6.45) is 1.32. The summed E-state index contributed by atoms with van der Waals surface area (Å²) in [6, 6.07) is 7.39. The van der Waals surface area contributed by atoms with Gasteiger partial charge in [-0.3, -0.25) is 9.89 Å². The van der Waals surface area contributed by atoms with Gasteiger partial charge in [-0.2, -0.15) is 5.10 Å². The van der Waals surface area contributed by atoms with Crippen molar-refractivity contribution in [1.29, 1.82) is 0 Å². The molecule has 1 fully saturated rings. The van der Waals surface area contributed by atoms with Crippen LogP contribution in [-0.2, 0) is 9.47 Å². The lowest BCUT2D eigenvalue weighted by molar-refractivity contribution is -0.143. The van der Waals surface area contributed by atoms with Gasteiger partial charge in [-0.25, -0.2) is 4.98 Å². The number of H-pyrrole nitrogens is 1. The van der Waals surface area contributed by atoms with Crippen molar-refractivity contribution in [1.82, 2.24) is 20.1 Å². The van der Waals surface area contributed by atoms with E-state index in [1.54, 1.807) is 7.11 Å². The molecule has 1 aromatic heterocycles.